The van der Waals surface area contributed by atoms with Gasteiger partial charge < -0.3 is 15.3 Å². The largest absolute Gasteiger partial charge is 0.396 e. The molecule has 3 nitrogen and oxygen atoms in total. The first-order valence-corrected chi connectivity index (χ1v) is 6.98. The molecule has 3 saturated carbocycles. The van der Waals surface area contributed by atoms with Crippen molar-refractivity contribution in [3.8, 4) is 0 Å². The second-order valence-corrected chi connectivity index (χ2v) is 7.45. The van der Waals surface area contributed by atoms with Gasteiger partial charge in [0.15, 0.2) is 0 Å². The van der Waals surface area contributed by atoms with Gasteiger partial charge in [-0.15, -0.1) is 0 Å². The molecule has 5 atom stereocenters. The molecule has 0 saturated heterocycles. The smallest absolute Gasteiger partial charge is 0.0947 e. The second-order valence-electron chi connectivity index (χ2n) is 7.45. The van der Waals surface area contributed by atoms with Gasteiger partial charge in [-0.3, -0.25) is 0 Å². The molecule has 0 aromatic heterocycles. The van der Waals surface area contributed by atoms with Crippen LogP contribution in [-0.2, 0) is 0 Å². The molecule has 3 fully saturated rings. The van der Waals surface area contributed by atoms with Crippen molar-refractivity contribution >= 4 is 0 Å². The minimum absolute atomic E-state index is 0.000764. The van der Waals surface area contributed by atoms with E-state index in [1.807, 2.05) is 0 Å². The van der Waals surface area contributed by atoms with Gasteiger partial charge in [0, 0.05) is 17.9 Å². The number of rotatable bonds is 1. The first-order chi connectivity index (χ1) is 8.28. The predicted molar refractivity (Wildman–Crippen MR) is 68.8 cm³/mol. The van der Waals surface area contributed by atoms with Crippen molar-refractivity contribution in [2.24, 2.45) is 22.7 Å². The summed E-state index contributed by atoms with van der Waals surface area (Å²) in [5.74, 6) is 0.0916. The molecule has 3 aliphatic rings. The van der Waals surface area contributed by atoms with Crippen LogP contribution in [0.1, 0.15) is 39.5 Å². The van der Waals surface area contributed by atoms with E-state index in [-0.39, 0.29) is 29.3 Å². The molecule has 102 valence electrons. The SMILES string of the molecule is C=C1[C@@H](O)C[C@H]2C[C@]3(CO)CCC(C)(C)[C@@H]3[C@@]12O. The minimum Gasteiger partial charge on any atom is -0.396 e. The van der Waals surface area contributed by atoms with Crippen LogP contribution in [0.4, 0.5) is 0 Å². The summed E-state index contributed by atoms with van der Waals surface area (Å²) in [6.07, 6.45) is 2.85. The highest BCUT2D eigenvalue weighted by molar-refractivity contribution is 5.35. The molecule has 0 amide bonds. The Morgan fingerprint density at radius 3 is 2.61 bits per heavy atom. The summed E-state index contributed by atoms with van der Waals surface area (Å²) in [6, 6.07) is 0. The molecule has 0 aliphatic heterocycles. The molecule has 3 rings (SSSR count). The quantitative estimate of drug-likeness (QED) is 0.619. The molecule has 0 unspecified atom stereocenters. The van der Waals surface area contributed by atoms with Crippen LogP contribution in [0, 0.1) is 22.7 Å². The number of fused-ring (bicyclic) bond motifs is 3. The van der Waals surface area contributed by atoms with Gasteiger partial charge in [0.05, 0.1) is 11.7 Å². The monoisotopic (exact) mass is 252 g/mol. The first-order valence-electron chi connectivity index (χ1n) is 6.98. The molecule has 3 heteroatoms. The van der Waals surface area contributed by atoms with Crippen LogP contribution >= 0.6 is 0 Å². The lowest BCUT2D eigenvalue weighted by Gasteiger charge is -2.42. The van der Waals surface area contributed by atoms with Gasteiger partial charge in [-0.05, 0) is 42.6 Å². The maximum atomic E-state index is 11.2. The molecular formula is C15H24O3. The van der Waals surface area contributed by atoms with Crippen molar-refractivity contribution in [2.75, 3.05) is 6.61 Å². The highest BCUT2D eigenvalue weighted by Crippen LogP contribution is 2.71. The van der Waals surface area contributed by atoms with Crippen LogP contribution < -0.4 is 0 Å². The van der Waals surface area contributed by atoms with Crippen LogP contribution in [0.25, 0.3) is 0 Å². The van der Waals surface area contributed by atoms with Gasteiger partial charge in [0.25, 0.3) is 0 Å². The van der Waals surface area contributed by atoms with Gasteiger partial charge >= 0.3 is 0 Å². The summed E-state index contributed by atoms with van der Waals surface area (Å²) in [5.41, 5.74) is -0.546. The maximum Gasteiger partial charge on any atom is 0.0947 e. The summed E-state index contributed by atoms with van der Waals surface area (Å²) in [4.78, 5) is 0. The van der Waals surface area contributed by atoms with Crippen molar-refractivity contribution in [1.82, 2.24) is 0 Å². The van der Waals surface area contributed by atoms with E-state index >= 15 is 0 Å². The lowest BCUT2D eigenvalue weighted by atomic mass is 9.66. The summed E-state index contributed by atoms with van der Waals surface area (Å²) >= 11 is 0. The zero-order chi connectivity index (χ0) is 13.3. The Kier molecular flexibility index (Phi) is 2.38. The Morgan fingerprint density at radius 1 is 1.33 bits per heavy atom. The molecule has 0 aromatic rings. The number of aliphatic hydroxyl groups excluding tert-OH is 2. The lowest BCUT2D eigenvalue weighted by Crippen LogP contribution is -2.47. The standard InChI is InChI=1S/C15H24O3/c1-9-11(17)6-10-7-14(8-16)5-4-13(2,3)12(14)15(9,10)18/h10-12,16-18H,1,4-8H2,2-3H3/t10-,11-,12-,14-,15+/m0/s1. The fourth-order valence-corrected chi connectivity index (χ4v) is 5.48. The third kappa shape index (κ3) is 1.21. The van der Waals surface area contributed by atoms with Gasteiger partial charge in [0.1, 0.15) is 0 Å². The average Bonchev–Trinajstić information content (AvgIpc) is 2.79. The fraction of sp³-hybridized carbons (Fsp3) is 0.867. The topological polar surface area (TPSA) is 60.7 Å². The zero-order valence-corrected chi connectivity index (χ0v) is 11.3. The molecule has 18 heavy (non-hydrogen) atoms. The van der Waals surface area contributed by atoms with E-state index in [4.69, 9.17) is 0 Å². The Hall–Kier alpha value is -0.380. The second kappa shape index (κ2) is 3.38. The number of aliphatic hydroxyl groups is 3. The van der Waals surface area contributed by atoms with E-state index in [1.165, 1.54) is 0 Å². The van der Waals surface area contributed by atoms with Gasteiger partial charge in [0.2, 0.25) is 0 Å². The van der Waals surface area contributed by atoms with Crippen LogP contribution in [0.2, 0.25) is 0 Å². The van der Waals surface area contributed by atoms with Crippen LogP contribution in [0.15, 0.2) is 12.2 Å². The maximum absolute atomic E-state index is 11.2. The van der Waals surface area contributed by atoms with Crippen molar-refractivity contribution in [3.05, 3.63) is 12.2 Å². The third-order valence-corrected chi connectivity index (χ3v) is 6.12. The summed E-state index contributed by atoms with van der Waals surface area (Å²) in [6.45, 7) is 8.45. The molecule has 3 N–H and O–H groups in total. The Morgan fingerprint density at radius 2 is 2.00 bits per heavy atom. The fourth-order valence-electron chi connectivity index (χ4n) is 5.48. The zero-order valence-electron chi connectivity index (χ0n) is 11.3. The molecule has 0 heterocycles. The molecule has 0 aromatic carbocycles. The lowest BCUT2D eigenvalue weighted by molar-refractivity contribution is -0.0531. The van der Waals surface area contributed by atoms with Crippen LogP contribution in [0.3, 0.4) is 0 Å². The van der Waals surface area contributed by atoms with Crippen molar-refractivity contribution in [2.45, 2.75) is 51.2 Å². The number of hydrogen-bond acceptors (Lipinski definition) is 3. The Labute approximate surface area is 109 Å². The number of hydrogen-bond donors (Lipinski definition) is 3. The molecular weight excluding hydrogens is 228 g/mol. The van der Waals surface area contributed by atoms with E-state index in [0.717, 1.165) is 19.3 Å². The summed E-state index contributed by atoms with van der Waals surface area (Å²) in [7, 11) is 0. The van der Waals surface area contributed by atoms with E-state index in [1.54, 1.807) is 0 Å². The summed E-state index contributed by atoms with van der Waals surface area (Å²) < 4.78 is 0. The van der Waals surface area contributed by atoms with E-state index in [9.17, 15) is 15.3 Å². The van der Waals surface area contributed by atoms with Gasteiger partial charge in [-0.2, -0.15) is 0 Å². The minimum atomic E-state index is -0.970. The third-order valence-electron chi connectivity index (χ3n) is 6.12. The Balaban J connectivity index is 2.11. The van der Waals surface area contributed by atoms with Crippen LogP contribution in [0.5, 0.6) is 0 Å². The van der Waals surface area contributed by atoms with Gasteiger partial charge in [-0.25, -0.2) is 0 Å². The normalized spacial score (nSPS) is 53.6. The highest BCUT2D eigenvalue weighted by atomic mass is 16.3. The summed E-state index contributed by atoms with van der Waals surface area (Å²) in [5, 5.41) is 31.1. The Bertz CT molecular complexity index is 403. The van der Waals surface area contributed by atoms with Gasteiger partial charge in [-0.1, -0.05) is 20.4 Å². The van der Waals surface area contributed by atoms with Crippen LogP contribution in [-0.4, -0.2) is 33.6 Å². The van der Waals surface area contributed by atoms with Crippen molar-refractivity contribution < 1.29 is 15.3 Å². The molecule has 0 radical (unpaired) electrons. The van der Waals surface area contributed by atoms with Crippen molar-refractivity contribution in [1.29, 1.82) is 0 Å². The molecule has 0 spiro atoms. The van der Waals surface area contributed by atoms with E-state index < -0.39 is 11.7 Å². The van der Waals surface area contributed by atoms with Crippen molar-refractivity contribution in [3.63, 3.8) is 0 Å². The predicted octanol–water partition coefficient (Wildman–Crippen LogP) is 1.47. The first kappa shape index (κ1) is 12.6. The van der Waals surface area contributed by atoms with E-state index in [0.29, 0.717) is 12.0 Å². The highest BCUT2D eigenvalue weighted by Gasteiger charge is 2.71. The average molecular weight is 252 g/mol. The molecule has 3 aliphatic carbocycles. The molecule has 0 bridgehead atoms. The van der Waals surface area contributed by atoms with E-state index in [2.05, 4.69) is 20.4 Å².